The molecular formula is C16H33N3. The fourth-order valence-corrected chi connectivity index (χ4v) is 3.82. The summed E-state index contributed by atoms with van der Waals surface area (Å²) in [5, 5.41) is 3.59. The molecule has 0 amide bonds. The van der Waals surface area contributed by atoms with E-state index in [1.54, 1.807) is 0 Å². The van der Waals surface area contributed by atoms with Crippen molar-refractivity contribution < 1.29 is 0 Å². The molecule has 0 aromatic rings. The predicted molar refractivity (Wildman–Crippen MR) is 82.6 cm³/mol. The Balaban J connectivity index is 1.72. The summed E-state index contributed by atoms with van der Waals surface area (Å²) in [4.78, 5) is 5.42. The number of nitrogens with one attached hydrogen (secondary N) is 1. The molecule has 19 heavy (non-hydrogen) atoms. The van der Waals surface area contributed by atoms with Gasteiger partial charge in [0.2, 0.25) is 0 Å². The molecule has 0 atom stereocenters. The zero-order valence-electron chi connectivity index (χ0n) is 13.2. The molecular weight excluding hydrogens is 234 g/mol. The van der Waals surface area contributed by atoms with Crippen molar-refractivity contribution >= 4 is 0 Å². The molecule has 0 saturated carbocycles. The van der Waals surface area contributed by atoms with Gasteiger partial charge in [-0.25, -0.2) is 0 Å². The summed E-state index contributed by atoms with van der Waals surface area (Å²) in [7, 11) is 0. The van der Waals surface area contributed by atoms with E-state index in [0.29, 0.717) is 0 Å². The number of nitrogens with zero attached hydrogens (tertiary/aromatic N) is 2. The second-order valence-electron chi connectivity index (χ2n) is 7.02. The highest BCUT2D eigenvalue weighted by molar-refractivity contribution is 4.86. The van der Waals surface area contributed by atoms with Crippen LogP contribution in [0.1, 0.15) is 52.9 Å². The van der Waals surface area contributed by atoms with Crippen LogP contribution in [0, 0.1) is 0 Å². The zero-order chi connectivity index (χ0) is 13.7. The standard InChI is InChI=1S/C16H33N3/c1-4-17-16(2,3)14-18-12-8-15(9-13-18)19-10-6-5-7-11-19/h15,17H,4-14H2,1-3H3. The van der Waals surface area contributed by atoms with Crippen molar-refractivity contribution in [2.45, 2.75) is 64.5 Å². The van der Waals surface area contributed by atoms with Crippen molar-refractivity contribution in [2.24, 2.45) is 0 Å². The van der Waals surface area contributed by atoms with Crippen LogP contribution >= 0.6 is 0 Å². The average Bonchev–Trinajstić information content (AvgIpc) is 2.40. The summed E-state index contributed by atoms with van der Waals surface area (Å²) >= 11 is 0. The first-order valence-electron chi connectivity index (χ1n) is 8.32. The number of hydrogen-bond donors (Lipinski definition) is 1. The van der Waals surface area contributed by atoms with Gasteiger partial charge in [-0.3, -0.25) is 0 Å². The topological polar surface area (TPSA) is 18.5 Å². The van der Waals surface area contributed by atoms with Gasteiger partial charge < -0.3 is 15.1 Å². The van der Waals surface area contributed by atoms with Crippen molar-refractivity contribution in [2.75, 3.05) is 39.3 Å². The third-order valence-corrected chi connectivity index (χ3v) is 4.74. The van der Waals surface area contributed by atoms with Crippen LogP contribution in [0.15, 0.2) is 0 Å². The Bertz CT molecular complexity index is 251. The van der Waals surface area contributed by atoms with Gasteiger partial charge in [0.05, 0.1) is 0 Å². The van der Waals surface area contributed by atoms with E-state index in [0.717, 1.165) is 12.6 Å². The molecule has 0 radical (unpaired) electrons. The van der Waals surface area contributed by atoms with Gasteiger partial charge in [-0.05, 0) is 72.3 Å². The van der Waals surface area contributed by atoms with E-state index in [2.05, 4.69) is 35.9 Å². The fourth-order valence-electron chi connectivity index (χ4n) is 3.82. The van der Waals surface area contributed by atoms with E-state index in [1.807, 2.05) is 0 Å². The molecule has 2 aliphatic rings. The molecule has 0 spiro atoms. The Morgan fingerprint density at radius 2 is 1.63 bits per heavy atom. The second-order valence-corrected chi connectivity index (χ2v) is 7.02. The molecule has 2 aliphatic heterocycles. The maximum absolute atomic E-state index is 3.59. The summed E-state index contributed by atoms with van der Waals surface area (Å²) in [5.41, 5.74) is 0.257. The van der Waals surface area contributed by atoms with Gasteiger partial charge in [-0.15, -0.1) is 0 Å². The first kappa shape index (κ1) is 15.3. The van der Waals surface area contributed by atoms with Crippen LogP contribution in [0.4, 0.5) is 0 Å². The first-order chi connectivity index (χ1) is 9.11. The lowest BCUT2D eigenvalue weighted by Gasteiger charge is -2.42. The molecule has 112 valence electrons. The maximum atomic E-state index is 3.59. The van der Waals surface area contributed by atoms with Crippen LogP contribution in [0.2, 0.25) is 0 Å². The van der Waals surface area contributed by atoms with Crippen LogP contribution < -0.4 is 5.32 Å². The Morgan fingerprint density at radius 1 is 1.00 bits per heavy atom. The minimum Gasteiger partial charge on any atom is -0.311 e. The summed E-state index contributed by atoms with van der Waals surface area (Å²) in [5.74, 6) is 0. The first-order valence-corrected chi connectivity index (χ1v) is 8.32. The monoisotopic (exact) mass is 267 g/mol. The highest BCUT2D eigenvalue weighted by atomic mass is 15.2. The third kappa shape index (κ3) is 4.73. The molecule has 3 heteroatoms. The normalized spacial score (nSPS) is 24.8. The SMILES string of the molecule is CCNC(C)(C)CN1CCC(N2CCCCC2)CC1. The summed E-state index contributed by atoms with van der Waals surface area (Å²) < 4.78 is 0. The minimum absolute atomic E-state index is 0.257. The molecule has 1 N–H and O–H groups in total. The van der Waals surface area contributed by atoms with Gasteiger partial charge in [0.25, 0.3) is 0 Å². The smallest absolute Gasteiger partial charge is 0.0252 e. The van der Waals surface area contributed by atoms with Crippen molar-refractivity contribution in [3.8, 4) is 0 Å². The largest absolute Gasteiger partial charge is 0.311 e. The molecule has 0 aliphatic carbocycles. The van der Waals surface area contributed by atoms with E-state index in [4.69, 9.17) is 0 Å². The fraction of sp³-hybridized carbons (Fsp3) is 1.00. The van der Waals surface area contributed by atoms with Crippen LogP contribution in [0.25, 0.3) is 0 Å². The average molecular weight is 267 g/mol. The van der Waals surface area contributed by atoms with Crippen LogP contribution in [0.5, 0.6) is 0 Å². The van der Waals surface area contributed by atoms with E-state index < -0.39 is 0 Å². The zero-order valence-corrected chi connectivity index (χ0v) is 13.2. The quantitative estimate of drug-likeness (QED) is 0.825. The molecule has 0 unspecified atom stereocenters. The van der Waals surface area contributed by atoms with Crippen molar-refractivity contribution in [3.63, 3.8) is 0 Å². The van der Waals surface area contributed by atoms with Gasteiger partial charge in [-0.1, -0.05) is 13.3 Å². The Kier molecular flexibility index (Phi) is 5.67. The Morgan fingerprint density at radius 3 is 2.21 bits per heavy atom. The molecule has 2 rings (SSSR count). The number of piperidine rings is 2. The van der Waals surface area contributed by atoms with E-state index in [9.17, 15) is 0 Å². The van der Waals surface area contributed by atoms with Gasteiger partial charge in [0, 0.05) is 18.1 Å². The van der Waals surface area contributed by atoms with Gasteiger partial charge in [0.15, 0.2) is 0 Å². The van der Waals surface area contributed by atoms with Crippen molar-refractivity contribution in [1.82, 2.24) is 15.1 Å². The van der Waals surface area contributed by atoms with Gasteiger partial charge >= 0.3 is 0 Å². The highest BCUT2D eigenvalue weighted by Gasteiger charge is 2.28. The second kappa shape index (κ2) is 7.05. The number of rotatable bonds is 5. The highest BCUT2D eigenvalue weighted by Crippen LogP contribution is 2.21. The maximum Gasteiger partial charge on any atom is 0.0252 e. The molecule has 2 saturated heterocycles. The molecule has 3 nitrogen and oxygen atoms in total. The van der Waals surface area contributed by atoms with Gasteiger partial charge in [0.1, 0.15) is 0 Å². The minimum atomic E-state index is 0.257. The molecule has 0 bridgehead atoms. The molecule has 0 aromatic carbocycles. The van der Waals surface area contributed by atoms with Crippen LogP contribution in [-0.2, 0) is 0 Å². The summed E-state index contributed by atoms with van der Waals surface area (Å²) in [6.07, 6.45) is 7.05. The number of likely N-dealkylation sites (N-methyl/N-ethyl adjacent to an activating group) is 1. The lowest BCUT2D eigenvalue weighted by Crippen LogP contribution is -2.53. The van der Waals surface area contributed by atoms with E-state index >= 15 is 0 Å². The number of hydrogen-bond acceptors (Lipinski definition) is 3. The molecule has 2 fully saturated rings. The molecule has 2 heterocycles. The van der Waals surface area contributed by atoms with Crippen LogP contribution in [0.3, 0.4) is 0 Å². The van der Waals surface area contributed by atoms with Crippen molar-refractivity contribution in [1.29, 1.82) is 0 Å². The Labute approximate surface area is 119 Å². The van der Waals surface area contributed by atoms with Crippen LogP contribution in [-0.4, -0.2) is 60.6 Å². The lowest BCUT2D eigenvalue weighted by molar-refractivity contribution is 0.0809. The summed E-state index contributed by atoms with van der Waals surface area (Å²) in [6, 6.07) is 0.874. The van der Waals surface area contributed by atoms with E-state index in [1.165, 1.54) is 64.8 Å². The van der Waals surface area contributed by atoms with Gasteiger partial charge in [-0.2, -0.15) is 0 Å². The predicted octanol–water partition coefficient (Wildman–Crippen LogP) is 2.32. The third-order valence-electron chi connectivity index (χ3n) is 4.74. The molecule has 0 aromatic heterocycles. The Hall–Kier alpha value is -0.120. The summed E-state index contributed by atoms with van der Waals surface area (Å²) in [6.45, 7) is 14.4. The lowest BCUT2D eigenvalue weighted by atomic mass is 9.97. The number of likely N-dealkylation sites (tertiary alicyclic amines) is 2. The van der Waals surface area contributed by atoms with E-state index in [-0.39, 0.29) is 5.54 Å². The van der Waals surface area contributed by atoms with Crippen molar-refractivity contribution in [3.05, 3.63) is 0 Å².